The molecule has 0 bridgehead atoms. The van der Waals surface area contributed by atoms with E-state index >= 15 is 0 Å². The lowest BCUT2D eigenvalue weighted by atomic mass is 9.85. The van der Waals surface area contributed by atoms with Crippen molar-refractivity contribution in [2.45, 2.75) is 69.9 Å². The van der Waals surface area contributed by atoms with Gasteiger partial charge in [0.25, 0.3) is 0 Å². The van der Waals surface area contributed by atoms with Crippen molar-refractivity contribution in [1.29, 1.82) is 0 Å². The molecule has 15 heteroatoms. The predicted octanol–water partition coefficient (Wildman–Crippen LogP) is 3.83. The van der Waals surface area contributed by atoms with Gasteiger partial charge in [-0.15, -0.1) is 0 Å². The highest BCUT2D eigenvalue weighted by Gasteiger charge is 2.34. The Kier molecular flexibility index (Phi) is 12.3. The van der Waals surface area contributed by atoms with E-state index in [4.69, 9.17) is 4.74 Å². The SMILES string of the molecule is O=C(Nc1ccccc1F)C(=O)N[C@@H](CCC1CCCCC1)C(=O)N[C@@H](C[C@@H]1CCNC1=O)C(=O)COc1c(F)c(F)cc(F)c1F. The van der Waals surface area contributed by atoms with Gasteiger partial charge in [0.1, 0.15) is 18.5 Å². The number of ketones is 1. The second-order valence-electron chi connectivity index (χ2n) is 11.7. The minimum atomic E-state index is -1.87. The molecule has 2 aromatic rings. The number of carbonyl (C=O) groups excluding carboxylic acids is 5. The van der Waals surface area contributed by atoms with Gasteiger partial charge in [-0.1, -0.05) is 44.2 Å². The monoisotopic (exact) mass is 666 g/mol. The van der Waals surface area contributed by atoms with Crippen LogP contribution in [0.5, 0.6) is 5.75 Å². The fourth-order valence-electron chi connectivity index (χ4n) is 5.73. The van der Waals surface area contributed by atoms with Crippen molar-refractivity contribution >= 4 is 35.1 Å². The molecule has 2 fully saturated rings. The smallest absolute Gasteiger partial charge is 0.313 e. The zero-order valence-corrected chi connectivity index (χ0v) is 25.3. The van der Waals surface area contributed by atoms with Gasteiger partial charge in [0, 0.05) is 18.5 Å². The second-order valence-corrected chi connectivity index (χ2v) is 11.7. The van der Waals surface area contributed by atoms with Gasteiger partial charge >= 0.3 is 11.8 Å². The van der Waals surface area contributed by atoms with Crippen LogP contribution in [0, 0.1) is 40.9 Å². The maximum atomic E-state index is 14.1. The maximum Gasteiger partial charge on any atom is 0.313 e. The number of halogens is 5. The lowest BCUT2D eigenvalue weighted by Crippen LogP contribution is -2.54. The molecule has 4 rings (SSSR count). The number of hydrogen-bond donors (Lipinski definition) is 4. The van der Waals surface area contributed by atoms with E-state index in [0.717, 1.165) is 38.2 Å². The van der Waals surface area contributed by atoms with Gasteiger partial charge in [-0.2, -0.15) is 8.78 Å². The van der Waals surface area contributed by atoms with Crippen LogP contribution in [0.2, 0.25) is 0 Å². The zero-order valence-electron chi connectivity index (χ0n) is 25.3. The van der Waals surface area contributed by atoms with E-state index in [-0.39, 0.29) is 30.5 Å². The second kappa shape index (κ2) is 16.3. The first-order chi connectivity index (χ1) is 22.4. The van der Waals surface area contributed by atoms with Crippen LogP contribution >= 0.6 is 0 Å². The number of para-hydroxylation sites is 1. The van der Waals surface area contributed by atoms with E-state index in [1.807, 2.05) is 0 Å². The molecule has 1 aliphatic heterocycles. The van der Waals surface area contributed by atoms with Gasteiger partial charge in [0.2, 0.25) is 23.4 Å². The highest BCUT2D eigenvalue weighted by Crippen LogP contribution is 2.29. The van der Waals surface area contributed by atoms with Crippen molar-refractivity contribution in [2.75, 3.05) is 18.5 Å². The third kappa shape index (κ3) is 9.48. The van der Waals surface area contributed by atoms with Crippen LogP contribution in [0.3, 0.4) is 0 Å². The van der Waals surface area contributed by atoms with Crippen molar-refractivity contribution in [3.05, 3.63) is 59.4 Å². The number of Topliss-reactive ketones (excluding diaryl/α,β-unsaturated/α-hetero) is 1. The van der Waals surface area contributed by atoms with Crippen molar-refractivity contribution in [2.24, 2.45) is 11.8 Å². The molecular formula is C32H35F5N4O6. The molecule has 1 saturated carbocycles. The van der Waals surface area contributed by atoms with Gasteiger partial charge in [0.15, 0.2) is 23.2 Å². The van der Waals surface area contributed by atoms with E-state index in [9.17, 15) is 45.9 Å². The first-order valence-corrected chi connectivity index (χ1v) is 15.4. The number of rotatable bonds is 13. The highest BCUT2D eigenvalue weighted by molar-refractivity contribution is 6.40. The highest BCUT2D eigenvalue weighted by atomic mass is 19.2. The van der Waals surface area contributed by atoms with Crippen LogP contribution < -0.4 is 26.0 Å². The molecule has 3 atom stereocenters. The molecule has 0 spiro atoms. The predicted molar refractivity (Wildman–Crippen MR) is 157 cm³/mol. The molecule has 1 saturated heterocycles. The van der Waals surface area contributed by atoms with E-state index in [1.54, 1.807) is 0 Å². The Bertz CT molecular complexity index is 1480. The number of carbonyl (C=O) groups is 5. The summed E-state index contributed by atoms with van der Waals surface area (Å²) in [5.41, 5.74) is -0.262. The van der Waals surface area contributed by atoms with Gasteiger partial charge in [-0.05, 0) is 43.7 Å². The van der Waals surface area contributed by atoms with Crippen molar-refractivity contribution in [1.82, 2.24) is 16.0 Å². The first kappa shape index (κ1) is 35.3. The summed E-state index contributed by atoms with van der Waals surface area (Å²) in [5.74, 6) is -14.8. The Morgan fingerprint density at radius 2 is 1.53 bits per heavy atom. The van der Waals surface area contributed by atoms with E-state index in [0.29, 0.717) is 19.4 Å². The summed E-state index contributed by atoms with van der Waals surface area (Å²) in [6.07, 6.45) is 5.46. The minimum absolute atomic E-state index is 0.0283. The summed E-state index contributed by atoms with van der Waals surface area (Å²) in [7, 11) is 0. The number of anilines is 1. The van der Waals surface area contributed by atoms with Crippen LogP contribution in [-0.2, 0) is 24.0 Å². The van der Waals surface area contributed by atoms with Crippen molar-refractivity contribution in [3.8, 4) is 5.75 Å². The number of ether oxygens (including phenoxy) is 1. The average molecular weight is 667 g/mol. The molecule has 254 valence electrons. The topological polar surface area (TPSA) is 143 Å². The van der Waals surface area contributed by atoms with Gasteiger partial charge in [-0.3, -0.25) is 24.0 Å². The van der Waals surface area contributed by atoms with Gasteiger partial charge < -0.3 is 26.0 Å². The molecular weight excluding hydrogens is 631 g/mol. The summed E-state index contributed by atoms with van der Waals surface area (Å²) in [6, 6.07) is 2.26. The van der Waals surface area contributed by atoms with E-state index in [2.05, 4.69) is 21.3 Å². The third-order valence-electron chi connectivity index (χ3n) is 8.36. The fraction of sp³-hybridized carbons (Fsp3) is 0.469. The van der Waals surface area contributed by atoms with E-state index < -0.39 is 88.9 Å². The molecule has 0 unspecified atom stereocenters. The Balaban J connectivity index is 1.50. The lowest BCUT2D eigenvalue weighted by molar-refractivity contribution is -0.138. The summed E-state index contributed by atoms with van der Waals surface area (Å²) in [4.78, 5) is 64.6. The summed E-state index contributed by atoms with van der Waals surface area (Å²) in [6.45, 7) is -0.842. The minimum Gasteiger partial charge on any atom is -0.479 e. The Labute approximate surface area is 267 Å². The fourth-order valence-corrected chi connectivity index (χ4v) is 5.73. The number of nitrogens with one attached hydrogen (secondary N) is 4. The zero-order chi connectivity index (χ0) is 34.1. The molecule has 1 heterocycles. The molecule has 0 radical (unpaired) electrons. The molecule has 0 aromatic heterocycles. The molecule has 1 aliphatic carbocycles. The molecule has 47 heavy (non-hydrogen) atoms. The van der Waals surface area contributed by atoms with Gasteiger partial charge in [0.05, 0.1) is 11.7 Å². The third-order valence-corrected chi connectivity index (χ3v) is 8.36. The molecule has 4 amide bonds. The number of hydrogen-bond acceptors (Lipinski definition) is 6. The lowest BCUT2D eigenvalue weighted by Gasteiger charge is -2.26. The van der Waals surface area contributed by atoms with Crippen LogP contribution in [0.15, 0.2) is 30.3 Å². The Hall–Kier alpha value is -4.56. The van der Waals surface area contributed by atoms with Crippen LogP contribution in [-0.4, -0.2) is 54.6 Å². The molecule has 10 nitrogen and oxygen atoms in total. The average Bonchev–Trinajstić information content (AvgIpc) is 3.46. The van der Waals surface area contributed by atoms with Crippen LogP contribution in [0.1, 0.15) is 57.8 Å². The van der Waals surface area contributed by atoms with Crippen molar-refractivity contribution in [3.63, 3.8) is 0 Å². The molecule has 2 aliphatic rings. The summed E-state index contributed by atoms with van der Waals surface area (Å²) in [5, 5.41) is 9.51. The number of benzene rings is 2. The first-order valence-electron chi connectivity index (χ1n) is 15.4. The van der Waals surface area contributed by atoms with Crippen LogP contribution in [0.4, 0.5) is 27.6 Å². The normalized spacial score (nSPS) is 17.7. The van der Waals surface area contributed by atoms with Crippen molar-refractivity contribution < 1.29 is 50.7 Å². The van der Waals surface area contributed by atoms with E-state index in [1.165, 1.54) is 18.2 Å². The van der Waals surface area contributed by atoms with Gasteiger partial charge in [-0.25, -0.2) is 13.2 Å². The Morgan fingerprint density at radius 1 is 0.851 bits per heavy atom. The van der Waals surface area contributed by atoms with Crippen LogP contribution in [0.25, 0.3) is 0 Å². The largest absolute Gasteiger partial charge is 0.479 e. The maximum absolute atomic E-state index is 14.1. The molecule has 4 N–H and O–H groups in total. The summed E-state index contributed by atoms with van der Waals surface area (Å²) < 4.78 is 74.4. The summed E-state index contributed by atoms with van der Waals surface area (Å²) >= 11 is 0. The quantitative estimate of drug-likeness (QED) is 0.146. The standard InChI is InChI=1S/C32H35F5N4O6/c33-19-8-4-5-9-22(19)39-31(45)32(46)40-23(11-10-17-6-2-1-3-7-17)30(44)41-24(14-18-12-13-38-29(18)43)25(42)16-47-28-26(36)20(34)15-21(35)27(28)37/h4-5,8-9,15,17-18,23-24H,1-3,6-7,10-14,16H2,(H,38,43)(H,39,45)(H,40,46)(H,41,44)/t18-,23-,24-/m0/s1. The molecule has 2 aromatic carbocycles. The Morgan fingerprint density at radius 3 is 2.17 bits per heavy atom. The number of amides is 4.